The van der Waals surface area contributed by atoms with Crippen LogP contribution in [0, 0.1) is 10.1 Å². The Bertz CT molecular complexity index is 1290. The van der Waals surface area contributed by atoms with E-state index in [1.807, 2.05) is 31.4 Å². The third-order valence-electron chi connectivity index (χ3n) is 6.56. The van der Waals surface area contributed by atoms with Gasteiger partial charge in [0.2, 0.25) is 5.91 Å². The first-order valence-electron chi connectivity index (χ1n) is 11.6. The van der Waals surface area contributed by atoms with Crippen LogP contribution in [0.2, 0.25) is 10.0 Å². The molecule has 2 aromatic carbocycles. The smallest absolute Gasteiger partial charge is 0.269 e. The summed E-state index contributed by atoms with van der Waals surface area (Å²) >= 11 is 14.4. The van der Waals surface area contributed by atoms with Crippen LogP contribution >= 0.6 is 34.5 Å². The minimum absolute atomic E-state index is 0.0970. The first kappa shape index (κ1) is 26.1. The maximum Gasteiger partial charge on any atom is 0.269 e. The number of rotatable bonds is 7. The number of halogens is 2. The zero-order valence-corrected chi connectivity index (χ0v) is 22.1. The quantitative estimate of drug-likeness (QED) is 0.254. The molecule has 0 aliphatic carbocycles. The summed E-state index contributed by atoms with van der Waals surface area (Å²) in [6.45, 7) is 4.21. The summed E-state index contributed by atoms with van der Waals surface area (Å²) in [4.78, 5) is 42.2. The van der Waals surface area contributed by atoms with Gasteiger partial charge in [-0.15, -0.1) is 11.3 Å². The van der Waals surface area contributed by atoms with E-state index >= 15 is 0 Å². The molecule has 188 valence electrons. The fraction of sp³-hybridized carbons (Fsp3) is 0.308. The van der Waals surface area contributed by atoms with Gasteiger partial charge in [-0.3, -0.25) is 19.7 Å². The molecular formula is C26H25Cl2N3O4S. The Morgan fingerprint density at radius 3 is 2.53 bits per heavy atom. The van der Waals surface area contributed by atoms with E-state index in [1.54, 1.807) is 28.4 Å². The van der Waals surface area contributed by atoms with Crippen LogP contribution in [-0.4, -0.2) is 45.7 Å². The van der Waals surface area contributed by atoms with Gasteiger partial charge in [0, 0.05) is 45.2 Å². The molecule has 0 fully saturated rings. The molecule has 0 saturated heterocycles. The molecule has 1 aliphatic heterocycles. The Labute approximate surface area is 223 Å². The second-order valence-electron chi connectivity index (χ2n) is 8.70. The zero-order chi connectivity index (χ0) is 26.0. The fourth-order valence-electron chi connectivity index (χ4n) is 4.42. The van der Waals surface area contributed by atoms with Crippen molar-refractivity contribution in [1.82, 2.24) is 9.80 Å². The van der Waals surface area contributed by atoms with Gasteiger partial charge in [0.25, 0.3) is 11.6 Å². The molecular weight excluding hydrogens is 521 g/mol. The number of hydrogen-bond acceptors (Lipinski definition) is 5. The van der Waals surface area contributed by atoms with Crippen molar-refractivity contribution in [2.75, 3.05) is 13.1 Å². The van der Waals surface area contributed by atoms with E-state index in [9.17, 15) is 19.7 Å². The Hall–Kier alpha value is -2.94. The normalized spacial score (nSPS) is 15.8. The molecule has 36 heavy (non-hydrogen) atoms. The first-order valence-corrected chi connectivity index (χ1v) is 13.2. The summed E-state index contributed by atoms with van der Waals surface area (Å²) in [5.41, 5.74) is 2.01. The van der Waals surface area contributed by atoms with E-state index in [0.717, 1.165) is 17.5 Å². The Balaban J connectivity index is 1.64. The molecule has 1 aromatic heterocycles. The lowest BCUT2D eigenvalue weighted by Crippen LogP contribution is -2.49. The summed E-state index contributed by atoms with van der Waals surface area (Å²) in [5.74, 6) is -0.541. The molecule has 2 heterocycles. The molecule has 4 rings (SSSR count). The van der Waals surface area contributed by atoms with Crippen LogP contribution in [0.25, 0.3) is 0 Å². The Morgan fingerprint density at radius 2 is 1.89 bits per heavy atom. The lowest BCUT2D eigenvalue weighted by molar-refractivity contribution is -0.384. The second kappa shape index (κ2) is 11.0. The zero-order valence-electron chi connectivity index (χ0n) is 19.8. The molecule has 2 amide bonds. The predicted molar refractivity (Wildman–Crippen MR) is 142 cm³/mol. The molecule has 0 bridgehead atoms. The lowest BCUT2D eigenvalue weighted by Gasteiger charge is -2.38. The highest BCUT2D eigenvalue weighted by atomic mass is 35.5. The van der Waals surface area contributed by atoms with Crippen LogP contribution in [0.4, 0.5) is 5.69 Å². The van der Waals surface area contributed by atoms with Crippen molar-refractivity contribution in [3.63, 3.8) is 0 Å². The Morgan fingerprint density at radius 1 is 1.17 bits per heavy atom. The number of fused-ring (bicyclic) bond motifs is 1. The van der Waals surface area contributed by atoms with Gasteiger partial charge in [-0.1, -0.05) is 36.2 Å². The molecule has 2 unspecified atom stereocenters. The molecule has 7 nitrogen and oxygen atoms in total. The lowest BCUT2D eigenvalue weighted by atomic mass is 9.93. The summed E-state index contributed by atoms with van der Waals surface area (Å²) in [7, 11) is 0. The number of amides is 2. The maximum absolute atomic E-state index is 13.8. The number of benzene rings is 2. The third kappa shape index (κ3) is 5.26. The highest BCUT2D eigenvalue weighted by Crippen LogP contribution is 2.41. The number of nitro benzene ring substituents is 1. The van der Waals surface area contributed by atoms with Crippen LogP contribution in [0.15, 0.2) is 53.9 Å². The van der Waals surface area contributed by atoms with Gasteiger partial charge >= 0.3 is 0 Å². The van der Waals surface area contributed by atoms with Gasteiger partial charge < -0.3 is 9.80 Å². The van der Waals surface area contributed by atoms with Crippen LogP contribution < -0.4 is 0 Å². The molecule has 2 atom stereocenters. The van der Waals surface area contributed by atoms with Crippen molar-refractivity contribution in [2.24, 2.45) is 0 Å². The molecule has 3 aromatic rings. The van der Waals surface area contributed by atoms with Gasteiger partial charge in [-0.2, -0.15) is 0 Å². The number of carbonyl (C=O) groups excluding carboxylic acids is 2. The fourth-order valence-corrected chi connectivity index (χ4v) is 5.84. The second-order valence-corrected chi connectivity index (χ2v) is 10.5. The van der Waals surface area contributed by atoms with Crippen molar-refractivity contribution in [3.8, 4) is 0 Å². The molecule has 1 aliphatic rings. The highest BCUT2D eigenvalue weighted by molar-refractivity contribution is 7.10. The number of thiophene rings is 1. The first-order chi connectivity index (χ1) is 17.2. The van der Waals surface area contributed by atoms with E-state index in [0.29, 0.717) is 28.6 Å². The number of carbonyl (C=O) groups is 2. The predicted octanol–water partition coefficient (Wildman–Crippen LogP) is 6.38. The summed E-state index contributed by atoms with van der Waals surface area (Å²) in [6, 6.07) is 12.1. The van der Waals surface area contributed by atoms with Crippen molar-refractivity contribution < 1.29 is 14.5 Å². The van der Waals surface area contributed by atoms with Crippen molar-refractivity contribution in [2.45, 2.75) is 38.8 Å². The van der Waals surface area contributed by atoms with E-state index in [4.69, 9.17) is 23.2 Å². The van der Waals surface area contributed by atoms with E-state index in [1.165, 1.54) is 34.0 Å². The summed E-state index contributed by atoms with van der Waals surface area (Å²) in [5, 5.41) is 14.0. The van der Waals surface area contributed by atoms with E-state index in [2.05, 4.69) is 0 Å². The van der Waals surface area contributed by atoms with Crippen LogP contribution in [0.5, 0.6) is 0 Å². The number of non-ortho nitro benzene ring substituents is 1. The van der Waals surface area contributed by atoms with Crippen molar-refractivity contribution in [3.05, 3.63) is 95.6 Å². The van der Waals surface area contributed by atoms with E-state index < -0.39 is 4.92 Å². The van der Waals surface area contributed by atoms with Crippen molar-refractivity contribution >= 4 is 52.0 Å². The maximum atomic E-state index is 13.8. The largest absolute Gasteiger partial charge is 0.330 e. The monoisotopic (exact) mass is 545 g/mol. The molecule has 10 heteroatoms. The minimum Gasteiger partial charge on any atom is -0.330 e. The molecule has 0 saturated carbocycles. The van der Waals surface area contributed by atoms with Crippen LogP contribution in [0.1, 0.15) is 52.7 Å². The number of nitro groups is 1. The summed E-state index contributed by atoms with van der Waals surface area (Å²) < 4.78 is 0. The third-order valence-corrected chi connectivity index (χ3v) is 8.12. The van der Waals surface area contributed by atoms with Crippen LogP contribution in [-0.2, 0) is 11.2 Å². The Kier molecular flexibility index (Phi) is 7.97. The van der Waals surface area contributed by atoms with Gasteiger partial charge in [0.05, 0.1) is 11.0 Å². The standard InChI is InChI=1S/C26H25Cl2N3O4S/c1-3-16(2)30(26(33)17-4-7-19(8-5-17)31(34)35)15-24(32)29-12-10-23-21(11-13-36-23)25(29)20-9-6-18(27)14-22(20)28/h4-9,11,13-14,16,25H,3,10,12,15H2,1-2H3. The average Bonchev–Trinajstić information content (AvgIpc) is 3.35. The number of hydrogen-bond donors (Lipinski definition) is 0. The van der Waals surface area contributed by atoms with Crippen LogP contribution in [0.3, 0.4) is 0 Å². The van der Waals surface area contributed by atoms with Gasteiger partial charge in [0.15, 0.2) is 0 Å². The number of nitrogens with zero attached hydrogens (tertiary/aromatic N) is 3. The topological polar surface area (TPSA) is 83.8 Å². The van der Waals surface area contributed by atoms with Gasteiger partial charge in [0.1, 0.15) is 6.54 Å². The van der Waals surface area contributed by atoms with E-state index in [-0.39, 0.29) is 36.1 Å². The van der Waals surface area contributed by atoms with Gasteiger partial charge in [-0.05, 0) is 66.6 Å². The van der Waals surface area contributed by atoms with Gasteiger partial charge in [-0.25, -0.2) is 0 Å². The molecule has 0 radical (unpaired) electrons. The summed E-state index contributed by atoms with van der Waals surface area (Å²) in [6.07, 6.45) is 1.37. The molecule has 0 N–H and O–H groups in total. The highest BCUT2D eigenvalue weighted by Gasteiger charge is 2.36. The minimum atomic E-state index is -0.513. The average molecular weight is 546 g/mol. The SMILES string of the molecule is CCC(C)N(CC(=O)N1CCc2sccc2C1c1ccc(Cl)cc1Cl)C(=O)c1ccc([N+](=O)[O-])cc1. The molecule has 0 spiro atoms. The van der Waals surface area contributed by atoms with Crippen molar-refractivity contribution in [1.29, 1.82) is 0 Å².